The van der Waals surface area contributed by atoms with E-state index in [4.69, 9.17) is 4.74 Å². The number of anilines is 1. The molecule has 1 aliphatic heterocycles. The molecule has 9 nitrogen and oxygen atoms in total. The molecule has 6 rings (SSSR count). The normalized spacial score (nSPS) is 17.7. The van der Waals surface area contributed by atoms with Gasteiger partial charge < -0.3 is 10.1 Å². The molecule has 1 atom stereocenters. The zero-order valence-corrected chi connectivity index (χ0v) is 18.6. The zero-order valence-electron chi connectivity index (χ0n) is 18.6. The number of amides is 1. The van der Waals surface area contributed by atoms with Gasteiger partial charge in [0.15, 0.2) is 5.82 Å². The van der Waals surface area contributed by atoms with Crippen molar-refractivity contribution in [2.45, 2.75) is 44.7 Å². The molecule has 1 aromatic carbocycles. The number of fused-ring (bicyclic) bond motifs is 2. The topological polar surface area (TPSA) is 98.9 Å². The summed E-state index contributed by atoms with van der Waals surface area (Å²) < 4.78 is 9.58. The maximum absolute atomic E-state index is 12.9. The number of ether oxygens (including phenoxy) is 1. The maximum atomic E-state index is 12.9. The van der Waals surface area contributed by atoms with Gasteiger partial charge in [-0.2, -0.15) is 5.10 Å². The van der Waals surface area contributed by atoms with Gasteiger partial charge in [0.2, 0.25) is 5.88 Å². The van der Waals surface area contributed by atoms with Crippen molar-refractivity contribution in [2.24, 2.45) is 7.05 Å². The van der Waals surface area contributed by atoms with E-state index in [1.54, 1.807) is 10.8 Å². The van der Waals surface area contributed by atoms with Crippen LogP contribution in [0.25, 0.3) is 10.9 Å². The first kappa shape index (κ1) is 19.9. The largest absolute Gasteiger partial charge is 0.439 e. The van der Waals surface area contributed by atoms with E-state index in [1.165, 1.54) is 24.9 Å². The Balaban J connectivity index is 1.23. The van der Waals surface area contributed by atoms with Gasteiger partial charge in [-0.05, 0) is 50.5 Å². The van der Waals surface area contributed by atoms with Gasteiger partial charge in [-0.1, -0.05) is 0 Å². The highest BCUT2D eigenvalue weighted by Gasteiger charge is 2.27. The summed E-state index contributed by atoms with van der Waals surface area (Å²) in [4.78, 5) is 21.7. The van der Waals surface area contributed by atoms with Crippen LogP contribution in [-0.4, -0.2) is 36.4 Å². The number of carbonyl (C=O) groups is 1. The molecular formula is C24H25N7O2. The Morgan fingerprint density at radius 1 is 1.21 bits per heavy atom. The number of hydrogen-bond donors (Lipinski definition) is 2. The van der Waals surface area contributed by atoms with Crippen LogP contribution < -0.4 is 15.4 Å². The molecular weight excluding hydrogens is 418 g/mol. The summed E-state index contributed by atoms with van der Waals surface area (Å²) >= 11 is 0. The molecule has 2 aliphatic rings. The molecule has 4 aromatic rings. The van der Waals surface area contributed by atoms with Crippen LogP contribution in [0.3, 0.4) is 0 Å². The first-order chi connectivity index (χ1) is 16.0. The van der Waals surface area contributed by atoms with E-state index < -0.39 is 0 Å². The second-order valence-electron chi connectivity index (χ2n) is 8.88. The number of aryl methyl sites for hydroxylation is 1. The van der Waals surface area contributed by atoms with Crippen LogP contribution in [0.5, 0.6) is 11.6 Å². The third-order valence-electron chi connectivity index (χ3n) is 6.37. The number of nitrogens with one attached hydrogen (secondary N) is 2. The molecule has 1 saturated carbocycles. The van der Waals surface area contributed by atoms with Gasteiger partial charge in [-0.25, -0.2) is 14.8 Å². The zero-order chi connectivity index (χ0) is 22.5. The molecule has 2 N–H and O–H groups in total. The monoisotopic (exact) mass is 443 g/mol. The van der Waals surface area contributed by atoms with Crippen LogP contribution in [-0.2, 0) is 20.0 Å². The lowest BCUT2D eigenvalue weighted by atomic mass is 10.0. The number of benzene rings is 1. The third-order valence-corrected chi connectivity index (χ3v) is 6.37. The van der Waals surface area contributed by atoms with E-state index in [1.807, 2.05) is 42.1 Å². The lowest BCUT2D eigenvalue weighted by Crippen LogP contribution is -2.33. The number of carbonyl (C=O) groups excluding carboxylic acids is 1. The Labute approximate surface area is 190 Å². The molecule has 0 bridgehead atoms. The van der Waals surface area contributed by atoms with Crippen molar-refractivity contribution < 1.29 is 9.53 Å². The summed E-state index contributed by atoms with van der Waals surface area (Å²) in [6.45, 7) is 2.85. The van der Waals surface area contributed by atoms with Gasteiger partial charge in [0, 0.05) is 54.5 Å². The smallest absolute Gasteiger partial charge is 0.331 e. The van der Waals surface area contributed by atoms with Crippen molar-refractivity contribution in [1.29, 1.82) is 0 Å². The summed E-state index contributed by atoms with van der Waals surface area (Å²) in [6, 6.07) is 9.63. The number of rotatable bonds is 4. The lowest BCUT2D eigenvalue weighted by Gasteiger charge is -2.23. The van der Waals surface area contributed by atoms with E-state index in [0.717, 1.165) is 28.6 Å². The predicted molar refractivity (Wildman–Crippen MR) is 124 cm³/mol. The van der Waals surface area contributed by atoms with Gasteiger partial charge in [0.05, 0.1) is 11.2 Å². The van der Waals surface area contributed by atoms with Crippen LogP contribution in [0.4, 0.5) is 10.6 Å². The summed E-state index contributed by atoms with van der Waals surface area (Å²) in [5.41, 5.74) is 3.98. The number of hydrogen-bond acceptors (Lipinski definition) is 6. The van der Waals surface area contributed by atoms with E-state index in [0.29, 0.717) is 36.0 Å². The molecule has 1 unspecified atom stereocenters. The molecule has 3 aromatic heterocycles. The standard InChI is InChI=1S/C24H25N7O2/c1-14-9-18-19(12-25-14)26-13-27-23(18)33-17-5-6-20-16(10-17)7-8-31(20)24(32)28-22-11-21(15-3-4-15)30(2)29-22/h5-8,10-11,13-15,25H,3-4,9,12H2,1-2H3,(H,28,29,32). The van der Waals surface area contributed by atoms with E-state index in [-0.39, 0.29) is 6.03 Å². The highest BCUT2D eigenvalue weighted by atomic mass is 16.5. The Hall–Kier alpha value is -3.72. The Morgan fingerprint density at radius 2 is 2.09 bits per heavy atom. The highest BCUT2D eigenvalue weighted by Crippen LogP contribution is 2.40. The average Bonchev–Trinajstić information content (AvgIpc) is 3.45. The van der Waals surface area contributed by atoms with Gasteiger partial charge in [-0.15, -0.1) is 0 Å². The van der Waals surface area contributed by atoms with Gasteiger partial charge >= 0.3 is 6.03 Å². The number of aromatic nitrogens is 5. The summed E-state index contributed by atoms with van der Waals surface area (Å²) in [7, 11) is 1.92. The first-order valence-electron chi connectivity index (χ1n) is 11.3. The second kappa shape index (κ2) is 7.70. The van der Waals surface area contributed by atoms with Crippen molar-refractivity contribution >= 4 is 22.8 Å². The quantitative estimate of drug-likeness (QED) is 0.496. The lowest BCUT2D eigenvalue weighted by molar-refractivity contribution is 0.254. The molecule has 4 heterocycles. The Kier molecular flexibility index (Phi) is 4.65. The van der Waals surface area contributed by atoms with Crippen molar-refractivity contribution in [2.75, 3.05) is 5.32 Å². The molecule has 0 saturated heterocycles. The van der Waals surface area contributed by atoms with Crippen molar-refractivity contribution in [3.63, 3.8) is 0 Å². The Bertz CT molecular complexity index is 1370. The fourth-order valence-electron chi connectivity index (χ4n) is 4.47. The minimum atomic E-state index is -0.245. The molecule has 9 heteroatoms. The molecule has 0 spiro atoms. The van der Waals surface area contributed by atoms with E-state index in [9.17, 15) is 4.79 Å². The summed E-state index contributed by atoms with van der Waals surface area (Å²) in [6.07, 6.45) is 6.49. The van der Waals surface area contributed by atoms with E-state index >= 15 is 0 Å². The van der Waals surface area contributed by atoms with Crippen LogP contribution in [0.15, 0.2) is 42.9 Å². The fraction of sp³-hybridized carbons (Fsp3) is 0.333. The van der Waals surface area contributed by atoms with Crippen molar-refractivity contribution in [1.82, 2.24) is 29.6 Å². The fourth-order valence-corrected chi connectivity index (χ4v) is 4.47. The maximum Gasteiger partial charge on any atom is 0.331 e. The average molecular weight is 444 g/mol. The van der Waals surface area contributed by atoms with Crippen LogP contribution in [0.2, 0.25) is 0 Å². The minimum absolute atomic E-state index is 0.245. The molecule has 1 aliphatic carbocycles. The van der Waals surface area contributed by atoms with Crippen LogP contribution >= 0.6 is 0 Å². The Morgan fingerprint density at radius 3 is 2.94 bits per heavy atom. The SMILES string of the molecule is CC1Cc2c(ncnc2Oc2ccc3c(ccn3C(=O)Nc3cc(C4CC4)n(C)n3)c2)CN1. The van der Waals surface area contributed by atoms with Crippen LogP contribution in [0, 0.1) is 0 Å². The second-order valence-corrected chi connectivity index (χ2v) is 8.88. The van der Waals surface area contributed by atoms with Gasteiger partial charge in [0.1, 0.15) is 12.1 Å². The van der Waals surface area contributed by atoms with E-state index in [2.05, 4.69) is 32.6 Å². The molecule has 1 amide bonds. The van der Waals surface area contributed by atoms with Gasteiger partial charge in [0.25, 0.3) is 0 Å². The molecule has 168 valence electrons. The minimum Gasteiger partial charge on any atom is -0.439 e. The van der Waals surface area contributed by atoms with Crippen molar-refractivity contribution in [3.8, 4) is 11.6 Å². The predicted octanol–water partition coefficient (Wildman–Crippen LogP) is 3.95. The first-order valence-corrected chi connectivity index (χ1v) is 11.3. The van der Waals surface area contributed by atoms with Crippen LogP contribution in [0.1, 0.15) is 42.6 Å². The summed E-state index contributed by atoms with van der Waals surface area (Å²) in [5, 5.41) is 11.7. The third kappa shape index (κ3) is 3.74. The number of nitrogens with zero attached hydrogens (tertiary/aromatic N) is 5. The summed E-state index contributed by atoms with van der Waals surface area (Å²) in [5.74, 6) is 2.40. The highest BCUT2D eigenvalue weighted by molar-refractivity contribution is 5.98. The molecule has 0 radical (unpaired) electrons. The van der Waals surface area contributed by atoms with Gasteiger partial charge in [-0.3, -0.25) is 14.6 Å². The molecule has 1 fully saturated rings. The van der Waals surface area contributed by atoms with Crippen molar-refractivity contribution in [3.05, 3.63) is 59.8 Å². The molecule has 33 heavy (non-hydrogen) atoms.